The van der Waals surface area contributed by atoms with Crippen molar-refractivity contribution < 1.29 is 32.9 Å². The average molecular weight is 494 g/mol. The van der Waals surface area contributed by atoms with E-state index in [9.17, 15) is 14.0 Å². The van der Waals surface area contributed by atoms with Gasteiger partial charge in [0.05, 0.1) is 27.9 Å². The standard InChI is InChI=1S/C28H28FNO6/c1-15-8-18-10-20(14-30-28(32)19-12-24(33-3)27(35-5)25(13-19)34-4)36-26(18)22(9-15)21-11-17(16(2)31)6-7-23(21)29/h6-9,11-13,20H,10,14H2,1-5H3,(H,30,32). The molecule has 0 aromatic heterocycles. The molecule has 1 atom stereocenters. The molecule has 0 radical (unpaired) electrons. The smallest absolute Gasteiger partial charge is 0.251 e. The number of methoxy groups -OCH3 is 3. The lowest BCUT2D eigenvalue weighted by molar-refractivity contribution is 0.0932. The molecule has 0 fully saturated rings. The number of ketones is 1. The highest BCUT2D eigenvalue weighted by Crippen LogP contribution is 2.41. The molecule has 1 aliphatic rings. The maximum absolute atomic E-state index is 14.8. The molecule has 0 spiro atoms. The van der Waals surface area contributed by atoms with E-state index in [1.165, 1.54) is 40.4 Å². The summed E-state index contributed by atoms with van der Waals surface area (Å²) in [5.41, 5.74) is 3.54. The summed E-state index contributed by atoms with van der Waals surface area (Å²) in [5.74, 6) is 0.806. The molecule has 0 saturated carbocycles. The number of aryl methyl sites for hydroxylation is 1. The molecule has 4 rings (SSSR count). The van der Waals surface area contributed by atoms with E-state index in [4.69, 9.17) is 18.9 Å². The second kappa shape index (κ2) is 10.3. The van der Waals surface area contributed by atoms with Gasteiger partial charge in [-0.25, -0.2) is 4.39 Å². The van der Waals surface area contributed by atoms with Gasteiger partial charge in [-0.1, -0.05) is 6.07 Å². The van der Waals surface area contributed by atoms with Crippen LogP contribution in [0.25, 0.3) is 11.1 Å². The predicted molar refractivity (Wildman–Crippen MR) is 133 cm³/mol. The Hall–Kier alpha value is -4.07. The van der Waals surface area contributed by atoms with Gasteiger partial charge in [-0.2, -0.15) is 0 Å². The van der Waals surface area contributed by atoms with E-state index in [1.807, 2.05) is 19.1 Å². The number of benzene rings is 3. The fourth-order valence-corrected chi connectivity index (χ4v) is 4.38. The molecule has 1 N–H and O–H groups in total. The summed E-state index contributed by atoms with van der Waals surface area (Å²) < 4.78 is 36.9. The summed E-state index contributed by atoms with van der Waals surface area (Å²) in [4.78, 5) is 24.8. The number of halogens is 1. The third kappa shape index (κ3) is 4.84. The summed E-state index contributed by atoms with van der Waals surface area (Å²) in [6.07, 6.45) is 0.207. The maximum atomic E-state index is 14.8. The quantitative estimate of drug-likeness (QED) is 0.456. The zero-order valence-corrected chi connectivity index (χ0v) is 20.9. The van der Waals surface area contributed by atoms with Gasteiger partial charge >= 0.3 is 0 Å². The molecule has 3 aromatic carbocycles. The molecule has 0 saturated heterocycles. The number of fused-ring (bicyclic) bond motifs is 1. The summed E-state index contributed by atoms with van der Waals surface area (Å²) in [6.45, 7) is 3.61. The lowest BCUT2D eigenvalue weighted by atomic mass is 9.95. The predicted octanol–water partition coefficient (Wildman–Crippen LogP) is 4.76. The highest BCUT2D eigenvalue weighted by Gasteiger charge is 2.28. The first-order valence-electron chi connectivity index (χ1n) is 11.4. The second-order valence-electron chi connectivity index (χ2n) is 8.62. The minimum Gasteiger partial charge on any atom is -0.493 e. The van der Waals surface area contributed by atoms with Crippen molar-refractivity contribution in [3.05, 3.63) is 70.5 Å². The zero-order chi connectivity index (χ0) is 26.0. The number of Topliss-reactive ketones (excluding diaryl/α,β-unsaturated/α-hetero) is 1. The molecule has 188 valence electrons. The Morgan fingerprint density at radius 2 is 1.67 bits per heavy atom. The fourth-order valence-electron chi connectivity index (χ4n) is 4.38. The molecule has 1 unspecified atom stereocenters. The van der Waals surface area contributed by atoms with E-state index in [0.29, 0.717) is 51.7 Å². The van der Waals surface area contributed by atoms with Crippen LogP contribution in [0.3, 0.4) is 0 Å². The van der Waals surface area contributed by atoms with Crippen LogP contribution in [-0.2, 0) is 6.42 Å². The number of carbonyl (C=O) groups excluding carboxylic acids is 2. The highest BCUT2D eigenvalue weighted by molar-refractivity contribution is 5.96. The molecular weight excluding hydrogens is 465 g/mol. The van der Waals surface area contributed by atoms with Crippen molar-refractivity contribution in [3.63, 3.8) is 0 Å². The number of amides is 1. The van der Waals surface area contributed by atoms with Crippen molar-refractivity contribution in [1.29, 1.82) is 0 Å². The fraction of sp³-hybridized carbons (Fsp3) is 0.286. The van der Waals surface area contributed by atoms with Crippen molar-refractivity contribution in [2.45, 2.75) is 26.4 Å². The first-order valence-corrected chi connectivity index (χ1v) is 11.4. The molecule has 8 heteroatoms. The number of hydrogen-bond acceptors (Lipinski definition) is 6. The van der Waals surface area contributed by atoms with Gasteiger partial charge in [0.25, 0.3) is 5.91 Å². The topological polar surface area (TPSA) is 83.1 Å². The summed E-state index contributed by atoms with van der Waals surface area (Å²) >= 11 is 0. The third-order valence-corrected chi connectivity index (χ3v) is 6.12. The lowest BCUT2D eigenvalue weighted by Crippen LogP contribution is -2.34. The first kappa shape index (κ1) is 25.0. The Kier molecular flexibility index (Phi) is 7.15. The van der Waals surface area contributed by atoms with Crippen LogP contribution >= 0.6 is 0 Å². The van der Waals surface area contributed by atoms with Gasteiger partial charge in [-0.05, 0) is 61.4 Å². The van der Waals surface area contributed by atoms with E-state index in [2.05, 4.69) is 5.32 Å². The summed E-state index contributed by atoms with van der Waals surface area (Å²) in [7, 11) is 4.46. The van der Waals surface area contributed by atoms with Crippen LogP contribution in [0.5, 0.6) is 23.0 Å². The van der Waals surface area contributed by atoms with E-state index in [-0.39, 0.29) is 24.3 Å². The van der Waals surface area contributed by atoms with Crippen LogP contribution in [0.1, 0.15) is 38.8 Å². The molecule has 1 amide bonds. The van der Waals surface area contributed by atoms with Gasteiger partial charge in [0.1, 0.15) is 17.7 Å². The Morgan fingerprint density at radius 3 is 2.28 bits per heavy atom. The van der Waals surface area contributed by atoms with Crippen molar-refractivity contribution in [3.8, 4) is 34.1 Å². The monoisotopic (exact) mass is 493 g/mol. The molecule has 7 nitrogen and oxygen atoms in total. The van der Waals surface area contributed by atoms with Gasteiger partial charge in [-0.15, -0.1) is 0 Å². The molecular formula is C28H28FNO6. The number of rotatable bonds is 8. The Balaban J connectivity index is 1.54. The maximum Gasteiger partial charge on any atom is 0.251 e. The number of hydrogen-bond donors (Lipinski definition) is 1. The number of carbonyl (C=O) groups is 2. The van der Waals surface area contributed by atoms with Gasteiger partial charge < -0.3 is 24.3 Å². The van der Waals surface area contributed by atoms with Gasteiger partial charge in [-0.3, -0.25) is 9.59 Å². The molecule has 0 aliphatic carbocycles. The zero-order valence-electron chi connectivity index (χ0n) is 20.9. The Morgan fingerprint density at radius 1 is 0.972 bits per heavy atom. The largest absolute Gasteiger partial charge is 0.493 e. The van der Waals surface area contributed by atoms with Gasteiger partial charge in [0.15, 0.2) is 17.3 Å². The Bertz CT molecular complexity index is 1310. The molecule has 1 aliphatic heterocycles. The summed E-state index contributed by atoms with van der Waals surface area (Å²) in [5, 5.41) is 2.89. The molecule has 1 heterocycles. The first-order chi connectivity index (χ1) is 17.2. The highest BCUT2D eigenvalue weighted by atomic mass is 19.1. The number of nitrogens with one attached hydrogen (secondary N) is 1. The Labute approximate surface area is 209 Å². The van der Waals surface area contributed by atoms with Crippen LogP contribution in [0.2, 0.25) is 0 Å². The minimum atomic E-state index is -0.435. The van der Waals surface area contributed by atoms with E-state index < -0.39 is 5.82 Å². The van der Waals surface area contributed by atoms with E-state index in [0.717, 1.165) is 11.1 Å². The van der Waals surface area contributed by atoms with E-state index in [1.54, 1.807) is 18.2 Å². The van der Waals surface area contributed by atoms with Crippen LogP contribution in [0, 0.1) is 12.7 Å². The normalized spacial score (nSPS) is 14.0. The molecule has 3 aromatic rings. The van der Waals surface area contributed by atoms with Gasteiger partial charge in [0, 0.05) is 28.7 Å². The van der Waals surface area contributed by atoms with Crippen molar-refractivity contribution in [2.75, 3.05) is 27.9 Å². The average Bonchev–Trinajstić information content (AvgIpc) is 3.28. The number of ether oxygens (including phenoxy) is 4. The van der Waals surface area contributed by atoms with Crippen molar-refractivity contribution in [2.24, 2.45) is 0 Å². The minimum absolute atomic E-state index is 0.145. The second-order valence-corrected chi connectivity index (χ2v) is 8.62. The van der Waals surface area contributed by atoms with Crippen LogP contribution < -0.4 is 24.3 Å². The van der Waals surface area contributed by atoms with Crippen LogP contribution in [-0.4, -0.2) is 45.7 Å². The molecule has 0 bridgehead atoms. The molecule has 36 heavy (non-hydrogen) atoms. The van der Waals surface area contributed by atoms with Crippen LogP contribution in [0.15, 0.2) is 42.5 Å². The van der Waals surface area contributed by atoms with Crippen molar-refractivity contribution in [1.82, 2.24) is 5.32 Å². The summed E-state index contributed by atoms with van der Waals surface area (Å²) in [6, 6.07) is 11.3. The SMILES string of the molecule is COc1cc(C(=O)NCC2Cc3cc(C)cc(-c4cc(C(C)=O)ccc4F)c3O2)cc(OC)c1OC. The van der Waals surface area contributed by atoms with E-state index >= 15 is 0 Å². The third-order valence-electron chi connectivity index (χ3n) is 6.12. The van der Waals surface area contributed by atoms with Gasteiger partial charge in [0.2, 0.25) is 5.75 Å². The van der Waals surface area contributed by atoms with Crippen LogP contribution in [0.4, 0.5) is 4.39 Å². The van der Waals surface area contributed by atoms with Crippen molar-refractivity contribution >= 4 is 11.7 Å². The lowest BCUT2D eigenvalue weighted by Gasteiger charge is -2.16.